The lowest BCUT2D eigenvalue weighted by molar-refractivity contribution is -0.791. The molecule has 0 aliphatic rings. The summed E-state index contributed by atoms with van der Waals surface area (Å²) in [6.45, 7) is 6.10. The van der Waals surface area contributed by atoms with Crippen molar-refractivity contribution in [2.75, 3.05) is 6.54 Å². The Morgan fingerprint density at radius 3 is 2.75 bits per heavy atom. The second kappa shape index (κ2) is 4.81. The van der Waals surface area contributed by atoms with E-state index < -0.39 is 0 Å². The lowest BCUT2D eigenvalue weighted by Gasteiger charge is -2.14. The van der Waals surface area contributed by atoms with Crippen LogP contribution in [0.25, 0.3) is 0 Å². The van der Waals surface area contributed by atoms with Crippen molar-refractivity contribution in [2.24, 2.45) is 0 Å². The number of quaternary nitrogens is 1. The van der Waals surface area contributed by atoms with E-state index in [9.17, 15) is 5.21 Å². The van der Waals surface area contributed by atoms with Crippen molar-refractivity contribution in [3.63, 3.8) is 0 Å². The van der Waals surface area contributed by atoms with Gasteiger partial charge < -0.3 is 10.3 Å². The van der Waals surface area contributed by atoms with Crippen LogP contribution in [0.4, 0.5) is 0 Å². The molecule has 48 valence electrons. The Kier molecular flexibility index (Phi) is 4.61. The largest absolute Gasteiger partial charge is 0.629 e. The van der Waals surface area contributed by atoms with E-state index in [2.05, 4.69) is 13.5 Å². The number of nitrogens with one attached hydrogen (secondary N) is 1. The van der Waals surface area contributed by atoms with Gasteiger partial charge in [-0.1, -0.05) is 13.3 Å². The Morgan fingerprint density at radius 1 is 1.75 bits per heavy atom. The zero-order chi connectivity index (χ0) is 6.41. The first kappa shape index (κ1) is 7.66. The van der Waals surface area contributed by atoms with E-state index in [1.807, 2.05) is 0 Å². The molecule has 0 bridgehead atoms. The maximum Gasteiger partial charge on any atom is 0.0869 e. The fraction of sp³-hybridized carbons (Fsp3) is 0.667. The van der Waals surface area contributed by atoms with Gasteiger partial charge in [0, 0.05) is 0 Å². The molecule has 0 amide bonds. The van der Waals surface area contributed by atoms with E-state index in [-0.39, 0.29) is 5.06 Å². The van der Waals surface area contributed by atoms with Crippen molar-refractivity contribution in [1.82, 2.24) is 0 Å². The molecule has 0 aliphatic carbocycles. The lowest BCUT2D eigenvalue weighted by atomic mass is 10.3. The van der Waals surface area contributed by atoms with Crippen LogP contribution in [0.5, 0.6) is 0 Å². The van der Waals surface area contributed by atoms with E-state index >= 15 is 0 Å². The Morgan fingerprint density at radius 2 is 2.38 bits per heavy atom. The van der Waals surface area contributed by atoms with Gasteiger partial charge in [-0.25, -0.2) is 0 Å². The Hall–Kier alpha value is -0.340. The van der Waals surface area contributed by atoms with Gasteiger partial charge in [-0.15, -0.1) is 0 Å². The van der Waals surface area contributed by atoms with Crippen molar-refractivity contribution in [2.45, 2.75) is 19.8 Å². The van der Waals surface area contributed by atoms with Crippen LogP contribution in [0.1, 0.15) is 19.8 Å². The van der Waals surface area contributed by atoms with Gasteiger partial charge in [-0.05, 0) is 13.0 Å². The van der Waals surface area contributed by atoms with Gasteiger partial charge in [0.2, 0.25) is 0 Å². The predicted octanol–water partition coefficient (Wildman–Crippen LogP) is 0.313. The van der Waals surface area contributed by atoms with Crippen molar-refractivity contribution < 1.29 is 5.06 Å². The molecule has 1 N–H and O–H groups in total. The summed E-state index contributed by atoms with van der Waals surface area (Å²) in [6.07, 6.45) is 3.46. The standard InChI is InChI=1S/C6H13NO/c1-3-5-6-7(8)4-2/h4,7H,2-3,5-6H2,1H3. The molecule has 0 rings (SSSR count). The SMILES string of the molecule is C=C[NH+]([O-])CCCC. The van der Waals surface area contributed by atoms with Crippen molar-refractivity contribution in [1.29, 1.82) is 0 Å². The number of hydroxylamine groups is 2. The molecule has 0 aliphatic heterocycles. The molecule has 2 heteroatoms. The number of hydrogen-bond donors (Lipinski definition) is 1. The highest BCUT2D eigenvalue weighted by Gasteiger charge is 1.86. The summed E-state index contributed by atoms with van der Waals surface area (Å²) in [4.78, 5) is 0. The normalized spacial score (nSPS) is 13.2. The van der Waals surface area contributed by atoms with Gasteiger partial charge in [0.15, 0.2) is 0 Å². The highest BCUT2D eigenvalue weighted by molar-refractivity contribution is 4.46. The van der Waals surface area contributed by atoms with Crippen molar-refractivity contribution in [3.05, 3.63) is 18.0 Å². The van der Waals surface area contributed by atoms with Gasteiger partial charge in [-0.2, -0.15) is 0 Å². The summed E-state index contributed by atoms with van der Waals surface area (Å²) in [5.74, 6) is 0. The first-order valence-electron chi connectivity index (χ1n) is 2.96. The molecule has 0 aromatic heterocycles. The van der Waals surface area contributed by atoms with E-state index in [1.165, 1.54) is 6.20 Å². The Labute approximate surface area is 50.4 Å². The van der Waals surface area contributed by atoms with Crippen LogP contribution in [0.15, 0.2) is 12.8 Å². The van der Waals surface area contributed by atoms with E-state index in [4.69, 9.17) is 0 Å². The molecular weight excluding hydrogens is 102 g/mol. The monoisotopic (exact) mass is 115 g/mol. The average Bonchev–Trinajstić information content (AvgIpc) is 1.83. The molecule has 0 saturated heterocycles. The molecular formula is C6H13NO. The fourth-order valence-electron chi connectivity index (χ4n) is 0.453. The minimum atomic E-state index is 0.159. The third-order valence-electron chi connectivity index (χ3n) is 1.00. The minimum Gasteiger partial charge on any atom is -0.629 e. The second-order valence-electron chi connectivity index (χ2n) is 1.77. The first-order valence-corrected chi connectivity index (χ1v) is 2.96. The highest BCUT2D eigenvalue weighted by atomic mass is 16.5. The van der Waals surface area contributed by atoms with Crippen LogP contribution < -0.4 is 5.06 Å². The molecule has 0 heterocycles. The predicted molar refractivity (Wildman–Crippen MR) is 34.3 cm³/mol. The summed E-state index contributed by atoms with van der Waals surface area (Å²) in [7, 11) is 0. The molecule has 0 spiro atoms. The van der Waals surface area contributed by atoms with Gasteiger partial charge in [0.05, 0.1) is 12.7 Å². The molecule has 0 fully saturated rings. The lowest BCUT2D eigenvalue weighted by Crippen LogP contribution is -3.02. The minimum absolute atomic E-state index is 0.159. The summed E-state index contributed by atoms with van der Waals surface area (Å²) in [5.41, 5.74) is 0. The number of hydrogen-bond acceptors (Lipinski definition) is 1. The van der Waals surface area contributed by atoms with E-state index in [0.717, 1.165) is 12.8 Å². The third kappa shape index (κ3) is 3.84. The number of unbranched alkanes of at least 4 members (excludes halogenated alkanes) is 1. The zero-order valence-corrected chi connectivity index (χ0v) is 5.31. The summed E-state index contributed by atoms with van der Waals surface area (Å²) < 4.78 is 0. The van der Waals surface area contributed by atoms with Crippen LogP contribution in [-0.2, 0) is 0 Å². The van der Waals surface area contributed by atoms with Crippen molar-refractivity contribution >= 4 is 0 Å². The van der Waals surface area contributed by atoms with Gasteiger partial charge in [-0.3, -0.25) is 0 Å². The van der Waals surface area contributed by atoms with Crippen LogP contribution in [0, 0.1) is 5.21 Å². The summed E-state index contributed by atoms with van der Waals surface area (Å²) in [5, 5.41) is 10.6. The molecule has 1 unspecified atom stereocenters. The molecule has 0 aromatic carbocycles. The highest BCUT2D eigenvalue weighted by Crippen LogP contribution is 1.78. The quantitative estimate of drug-likeness (QED) is 0.525. The van der Waals surface area contributed by atoms with Gasteiger partial charge in [0.1, 0.15) is 0 Å². The molecule has 0 aromatic rings. The molecule has 2 nitrogen and oxygen atoms in total. The van der Waals surface area contributed by atoms with Gasteiger partial charge in [0.25, 0.3) is 0 Å². The molecule has 0 saturated carbocycles. The second-order valence-corrected chi connectivity index (χ2v) is 1.77. The van der Waals surface area contributed by atoms with E-state index in [0.29, 0.717) is 6.54 Å². The van der Waals surface area contributed by atoms with Crippen LogP contribution in [0.3, 0.4) is 0 Å². The smallest absolute Gasteiger partial charge is 0.0869 e. The van der Waals surface area contributed by atoms with Crippen LogP contribution in [-0.4, -0.2) is 6.54 Å². The van der Waals surface area contributed by atoms with Crippen LogP contribution in [0.2, 0.25) is 0 Å². The Balaban J connectivity index is 2.98. The topological polar surface area (TPSA) is 27.5 Å². The molecule has 1 atom stereocenters. The van der Waals surface area contributed by atoms with Crippen LogP contribution >= 0.6 is 0 Å². The maximum atomic E-state index is 10.5. The Bertz CT molecular complexity index is 63.5. The van der Waals surface area contributed by atoms with Crippen molar-refractivity contribution in [3.8, 4) is 0 Å². The average molecular weight is 115 g/mol. The van der Waals surface area contributed by atoms with E-state index in [1.54, 1.807) is 0 Å². The fourth-order valence-corrected chi connectivity index (χ4v) is 0.453. The molecule has 0 radical (unpaired) electrons. The molecule has 8 heavy (non-hydrogen) atoms. The van der Waals surface area contributed by atoms with Gasteiger partial charge >= 0.3 is 0 Å². The summed E-state index contributed by atoms with van der Waals surface area (Å²) in [6, 6.07) is 0. The third-order valence-corrected chi connectivity index (χ3v) is 1.00. The first-order chi connectivity index (χ1) is 3.81. The maximum absolute atomic E-state index is 10.5. The zero-order valence-electron chi connectivity index (χ0n) is 5.31. The number of rotatable bonds is 4. The summed E-state index contributed by atoms with van der Waals surface area (Å²) >= 11 is 0.